The predicted octanol–water partition coefficient (Wildman–Crippen LogP) is 2.60. The van der Waals surface area contributed by atoms with Gasteiger partial charge >= 0.3 is 0 Å². The number of pyridine rings is 1. The summed E-state index contributed by atoms with van der Waals surface area (Å²) < 4.78 is 0. The fourth-order valence-corrected chi connectivity index (χ4v) is 2.43. The number of fused-ring (bicyclic) bond motifs is 2. The first-order valence-corrected chi connectivity index (χ1v) is 6.88. The van der Waals surface area contributed by atoms with E-state index < -0.39 is 0 Å². The molecule has 2 aromatic carbocycles. The van der Waals surface area contributed by atoms with Gasteiger partial charge in [-0.2, -0.15) is 0 Å². The molecule has 0 bridgehead atoms. The Morgan fingerprint density at radius 2 is 1.77 bits per heavy atom. The Morgan fingerprint density at radius 1 is 1.05 bits per heavy atom. The molecule has 0 radical (unpaired) electrons. The van der Waals surface area contributed by atoms with Crippen molar-refractivity contribution in [3.8, 4) is 0 Å². The third kappa shape index (κ3) is 2.61. The van der Waals surface area contributed by atoms with Crippen molar-refractivity contribution in [3.05, 3.63) is 52.7 Å². The summed E-state index contributed by atoms with van der Waals surface area (Å²) in [6.07, 6.45) is -0.174. The van der Waals surface area contributed by atoms with Crippen molar-refractivity contribution in [2.24, 2.45) is 0 Å². The van der Waals surface area contributed by atoms with Gasteiger partial charge in [0.05, 0.1) is 6.42 Å². The summed E-state index contributed by atoms with van der Waals surface area (Å²) in [6, 6.07) is 12.3. The maximum absolute atomic E-state index is 12.5. The molecule has 22 heavy (non-hydrogen) atoms. The van der Waals surface area contributed by atoms with E-state index in [9.17, 15) is 14.4 Å². The minimum atomic E-state index is -0.385. The van der Waals surface area contributed by atoms with Crippen molar-refractivity contribution in [2.75, 3.05) is 5.32 Å². The van der Waals surface area contributed by atoms with E-state index in [4.69, 9.17) is 0 Å². The topological polar surface area (TPSA) is 79.0 Å². The van der Waals surface area contributed by atoms with E-state index >= 15 is 0 Å². The van der Waals surface area contributed by atoms with Crippen molar-refractivity contribution in [1.82, 2.24) is 4.98 Å². The molecular weight excluding hydrogens is 280 g/mol. The summed E-state index contributed by atoms with van der Waals surface area (Å²) in [5.74, 6) is -0.591. The van der Waals surface area contributed by atoms with Crippen molar-refractivity contribution < 1.29 is 9.59 Å². The minimum absolute atomic E-state index is 0.0907. The maximum Gasteiger partial charge on any atom is 0.231 e. The van der Waals surface area contributed by atoms with Crippen LogP contribution < -0.4 is 10.7 Å². The van der Waals surface area contributed by atoms with Gasteiger partial charge in [0.25, 0.3) is 0 Å². The molecule has 3 rings (SSSR count). The Hall–Kier alpha value is -2.95. The normalized spacial score (nSPS) is 10.8. The number of para-hydroxylation sites is 1. The highest BCUT2D eigenvalue weighted by Crippen LogP contribution is 2.18. The lowest BCUT2D eigenvalue weighted by atomic mass is 10.1. The molecule has 1 amide bonds. The zero-order valence-electron chi connectivity index (χ0n) is 12.0. The van der Waals surface area contributed by atoms with Gasteiger partial charge in [0.1, 0.15) is 5.78 Å². The molecule has 1 aromatic heterocycles. The molecule has 110 valence electrons. The Morgan fingerprint density at radius 3 is 2.55 bits per heavy atom. The number of anilines is 1. The third-order valence-corrected chi connectivity index (χ3v) is 3.40. The van der Waals surface area contributed by atoms with Crippen LogP contribution >= 0.6 is 0 Å². The maximum atomic E-state index is 12.5. The molecule has 1 heterocycles. The van der Waals surface area contributed by atoms with E-state index in [-0.39, 0.29) is 23.5 Å². The summed E-state index contributed by atoms with van der Waals surface area (Å²) in [5, 5.41) is 3.73. The van der Waals surface area contributed by atoms with E-state index in [1.54, 1.807) is 24.3 Å². The molecule has 0 spiro atoms. The molecule has 5 heteroatoms. The summed E-state index contributed by atoms with van der Waals surface area (Å²) >= 11 is 0. The second-order valence-corrected chi connectivity index (χ2v) is 5.19. The van der Waals surface area contributed by atoms with Gasteiger partial charge in [-0.1, -0.05) is 12.1 Å². The molecule has 0 unspecified atom stereocenters. The van der Waals surface area contributed by atoms with Gasteiger partial charge in [0.2, 0.25) is 5.91 Å². The quantitative estimate of drug-likeness (QED) is 0.575. The lowest BCUT2D eigenvalue weighted by Gasteiger charge is -2.07. The number of hydrogen-bond acceptors (Lipinski definition) is 3. The second kappa shape index (κ2) is 5.44. The number of hydrogen-bond donors (Lipinski definition) is 2. The summed E-state index contributed by atoms with van der Waals surface area (Å²) in [6.45, 7) is 1.36. The number of rotatable bonds is 3. The molecule has 2 N–H and O–H groups in total. The molecule has 0 fully saturated rings. The van der Waals surface area contributed by atoms with E-state index in [2.05, 4.69) is 10.3 Å². The van der Waals surface area contributed by atoms with Gasteiger partial charge < -0.3 is 10.3 Å². The molecule has 0 aliphatic heterocycles. The summed E-state index contributed by atoms with van der Waals surface area (Å²) in [4.78, 5) is 38.3. The molecule has 0 saturated carbocycles. The van der Waals surface area contributed by atoms with Crippen LogP contribution in [0.3, 0.4) is 0 Å². The van der Waals surface area contributed by atoms with Crippen molar-refractivity contribution in [2.45, 2.75) is 13.3 Å². The average molecular weight is 294 g/mol. The number of H-pyrrole nitrogens is 1. The second-order valence-electron chi connectivity index (χ2n) is 5.19. The molecule has 0 saturated heterocycles. The Kier molecular flexibility index (Phi) is 3.47. The highest BCUT2D eigenvalue weighted by atomic mass is 16.2. The first-order valence-electron chi connectivity index (χ1n) is 6.88. The Labute approximate surface area is 126 Å². The van der Waals surface area contributed by atoms with Crippen molar-refractivity contribution in [3.63, 3.8) is 0 Å². The van der Waals surface area contributed by atoms with Crippen LogP contribution in [0.5, 0.6) is 0 Å². The van der Waals surface area contributed by atoms with Gasteiger partial charge in [-0.3, -0.25) is 14.4 Å². The number of aromatic amines is 1. The van der Waals surface area contributed by atoms with Crippen LogP contribution in [0, 0.1) is 0 Å². The Balaban J connectivity index is 2.07. The standard InChI is InChI=1S/C17H14N2O3/c1-10(20)8-16(21)18-11-6-7-15-13(9-11)17(22)12-4-2-3-5-14(12)19-15/h2-7,9H,8H2,1H3,(H,18,21)(H,19,22). The number of nitrogens with one attached hydrogen (secondary N) is 2. The van der Waals surface area contributed by atoms with Crippen molar-refractivity contribution >= 4 is 39.2 Å². The zero-order chi connectivity index (χ0) is 15.7. The minimum Gasteiger partial charge on any atom is -0.354 e. The average Bonchev–Trinajstić information content (AvgIpc) is 2.47. The van der Waals surface area contributed by atoms with Gasteiger partial charge in [-0.15, -0.1) is 0 Å². The molecule has 0 aliphatic rings. The first kappa shape index (κ1) is 14.0. The Bertz CT molecular complexity index is 957. The third-order valence-electron chi connectivity index (χ3n) is 3.40. The fourth-order valence-electron chi connectivity index (χ4n) is 2.43. The van der Waals surface area contributed by atoms with Crippen LogP contribution in [0.2, 0.25) is 0 Å². The number of amides is 1. The molecule has 3 aromatic rings. The number of benzene rings is 2. The van der Waals surface area contributed by atoms with Crippen LogP contribution in [0.25, 0.3) is 21.8 Å². The van der Waals surface area contributed by atoms with E-state index in [0.29, 0.717) is 22.0 Å². The highest BCUT2D eigenvalue weighted by Gasteiger charge is 2.09. The predicted molar refractivity (Wildman–Crippen MR) is 86.0 cm³/mol. The summed E-state index contributed by atoms with van der Waals surface area (Å²) in [5.41, 5.74) is 1.88. The van der Waals surface area contributed by atoms with Gasteiger partial charge in [0.15, 0.2) is 5.43 Å². The van der Waals surface area contributed by atoms with Gasteiger partial charge in [-0.05, 0) is 37.3 Å². The smallest absolute Gasteiger partial charge is 0.231 e. The number of carbonyl (C=O) groups excluding carboxylic acids is 2. The largest absolute Gasteiger partial charge is 0.354 e. The number of ketones is 1. The van der Waals surface area contributed by atoms with E-state index in [1.165, 1.54) is 6.92 Å². The lowest BCUT2D eigenvalue weighted by Crippen LogP contribution is -2.15. The van der Waals surface area contributed by atoms with Crippen LogP contribution in [-0.4, -0.2) is 16.7 Å². The van der Waals surface area contributed by atoms with Crippen LogP contribution in [0.1, 0.15) is 13.3 Å². The van der Waals surface area contributed by atoms with Crippen LogP contribution in [0.15, 0.2) is 47.3 Å². The number of carbonyl (C=O) groups is 2. The van der Waals surface area contributed by atoms with Crippen molar-refractivity contribution in [1.29, 1.82) is 0 Å². The first-order chi connectivity index (χ1) is 10.5. The number of aromatic nitrogens is 1. The lowest BCUT2D eigenvalue weighted by molar-refractivity contribution is -0.124. The molecule has 0 aliphatic carbocycles. The fraction of sp³-hybridized carbons (Fsp3) is 0.118. The molecule has 0 atom stereocenters. The SMILES string of the molecule is CC(=O)CC(=O)Nc1ccc2[nH]c3ccccc3c(=O)c2c1. The van der Waals surface area contributed by atoms with E-state index in [1.807, 2.05) is 18.2 Å². The zero-order valence-corrected chi connectivity index (χ0v) is 12.0. The van der Waals surface area contributed by atoms with Gasteiger partial charge in [-0.25, -0.2) is 0 Å². The van der Waals surface area contributed by atoms with Crippen LogP contribution in [-0.2, 0) is 9.59 Å². The van der Waals surface area contributed by atoms with Gasteiger partial charge in [0, 0.05) is 27.5 Å². The van der Waals surface area contributed by atoms with Crippen LogP contribution in [0.4, 0.5) is 5.69 Å². The monoisotopic (exact) mass is 294 g/mol. The molecule has 5 nitrogen and oxygen atoms in total. The molecular formula is C17H14N2O3. The number of Topliss-reactive ketones (excluding diaryl/α,β-unsaturated/α-hetero) is 1. The van der Waals surface area contributed by atoms with E-state index in [0.717, 1.165) is 5.52 Å². The summed E-state index contributed by atoms with van der Waals surface area (Å²) in [7, 11) is 0. The highest BCUT2D eigenvalue weighted by molar-refractivity contribution is 6.04.